The molecule has 1 heterocycles. The van der Waals surface area contributed by atoms with Crippen LogP contribution in [-0.2, 0) is 13.7 Å². The first-order valence-corrected chi connectivity index (χ1v) is 6.04. The number of aryl methyl sites for hydroxylation is 1. The zero-order chi connectivity index (χ0) is 14.7. The van der Waals surface area contributed by atoms with Gasteiger partial charge >= 0.3 is 0 Å². The fourth-order valence-electron chi connectivity index (χ4n) is 1.81. The van der Waals surface area contributed by atoms with Crippen LogP contribution < -0.4 is 4.74 Å². The number of ether oxygens (including phenoxy) is 1. The summed E-state index contributed by atoms with van der Waals surface area (Å²) in [7, 11) is 1.80. The van der Waals surface area contributed by atoms with E-state index < -0.39 is 11.0 Å². The van der Waals surface area contributed by atoms with E-state index in [2.05, 4.69) is 5.10 Å². The minimum Gasteiger partial charge on any atom is -0.488 e. The first-order chi connectivity index (χ1) is 9.47. The van der Waals surface area contributed by atoms with Crippen LogP contribution in [0.5, 0.6) is 5.75 Å². The molecule has 1 aromatic carbocycles. The average Bonchev–Trinajstić information content (AvgIpc) is 2.81. The summed E-state index contributed by atoms with van der Waals surface area (Å²) in [6.45, 7) is 1.82. The lowest BCUT2D eigenvalue weighted by Crippen LogP contribution is -2.02. The number of rotatable bonds is 5. The standard InChI is InChI=1S/C13H15N3O4/c1-9(17)12-5-11(16(18)19)3-4-13(12)20-8-10-6-14-15(2)7-10/h3-7,9,17H,8H2,1-2H3. The highest BCUT2D eigenvalue weighted by atomic mass is 16.6. The van der Waals surface area contributed by atoms with Crippen LogP contribution in [-0.4, -0.2) is 19.8 Å². The topological polar surface area (TPSA) is 90.4 Å². The molecule has 1 N–H and O–H groups in total. The molecule has 1 unspecified atom stereocenters. The smallest absolute Gasteiger partial charge is 0.270 e. The van der Waals surface area contributed by atoms with Gasteiger partial charge in [-0.25, -0.2) is 0 Å². The largest absolute Gasteiger partial charge is 0.488 e. The predicted molar refractivity (Wildman–Crippen MR) is 71.3 cm³/mol. The van der Waals surface area contributed by atoms with Gasteiger partial charge in [0.1, 0.15) is 12.4 Å². The fraction of sp³-hybridized carbons (Fsp3) is 0.308. The van der Waals surface area contributed by atoms with Gasteiger partial charge in [-0.2, -0.15) is 5.10 Å². The van der Waals surface area contributed by atoms with E-state index in [1.54, 1.807) is 17.9 Å². The summed E-state index contributed by atoms with van der Waals surface area (Å²) < 4.78 is 7.25. The molecule has 7 nitrogen and oxygen atoms in total. The molecule has 0 radical (unpaired) electrons. The summed E-state index contributed by atoms with van der Waals surface area (Å²) >= 11 is 0. The number of non-ortho nitro benzene ring substituents is 1. The third-order valence-electron chi connectivity index (χ3n) is 2.81. The predicted octanol–water partition coefficient (Wildman–Crippen LogP) is 1.96. The van der Waals surface area contributed by atoms with Crippen molar-refractivity contribution in [3.63, 3.8) is 0 Å². The van der Waals surface area contributed by atoms with E-state index in [1.165, 1.54) is 25.1 Å². The molecular formula is C13H15N3O4. The molecule has 1 aromatic heterocycles. The van der Waals surface area contributed by atoms with E-state index in [1.807, 2.05) is 6.20 Å². The number of aromatic nitrogens is 2. The third-order valence-corrected chi connectivity index (χ3v) is 2.81. The van der Waals surface area contributed by atoms with Gasteiger partial charge in [-0.05, 0) is 13.0 Å². The van der Waals surface area contributed by atoms with Gasteiger partial charge in [0.2, 0.25) is 0 Å². The van der Waals surface area contributed by atoms with Crippen LogP contribution in [0.2, 0.25) is 0 Å². The molecule has 0 aliphatic carbocycles. The Hall–Kier alpha value is -2.41. The lowest BCUT2D eigenvalue weighted by Gasteiger charge is -2.12. The van der Waals surface area contributed by atoms with Crippen LogP contribution in [0.15, 0.2) is 30.6 Å². The zero-order valence-electron chi connectivity index (χ0n) is 11.2. The van der Waals surface area contributed by atoms with Crippen molar-refractivity contribution in [1.82, 2.24) is 9.78 Å². The number of nitro groups is 1. The Balaban J connectivity index is 2.20. The highest BCUT2D eigenvalue weighted by Gasteiger charge is 2.15. The zero-order valence-corrected chi connectivity index (χ0v) is 11.2. The van der Waals surface area contributed by atoms with Crippen molar-refractivity contribution in [3.05, 3.63) is 51.8 Å². The van der Waals surface area contributed by atoms with Gasteiger partial charge in [0, 0.05) is 36.5 Å². The molecule has 106 valence electrons. The molecule has 0 aliphatic rings. The first-order valence-electron chi connectivity index (χ1n) is 6.04. The Labute approximate surface area is 115 Å². The SMILES string of the molecule is CC(O)c1cc([N+](=O)[O-])ccc1OCc1cnn(C)c1. The second-order valence-corrected chi connectivity index (χ2v) is 4.47. The van der Waals surface area contributed by atoms with Gasteiger partial charge in [-0.3, -0.25) is 14.8 Å². The van der Waals surface area contributed by atoms with Crippen molar-refractivity contribution in [2.75, 3.05) is 0 Å². The van der Waals surface area contributed by atoms with Crippen LogP contribution in [0.1, 0.15) is 24.2 Å². The lowest BCUT2D eigenvalue weighted by molar-refractivity contribution is -0.385. The highest BCUT2D eigenvalue weighted by molar-refractivity contribution is 5.44. The van der Waals surface area contributed by atoms with Crippen LogP contribution in [0.4, 0.5) is 5.69 Å². The second kappa shape index (κ2) is 5.70. The van der Waals surface area contributed by atoms with E-state index in [0.29, 0.717) is 11.3 Å². The monoisotopic (exact) mass is 277 g/mol. The molecule has 0 spiro atoms. The number of aliphatic hydroxyl groups excluding tert-OH is 1. The van der Waals surface area contributed by atoms with Gasteiger partial charge in [0.15, 0.2) is 0 Å². The van der Waals surface area contributed by atoms with Gasteiger partial charge in [0.05, 0.1) is 17.2 Å². The first kappa shape index (κ1) is 14.0. The number of hydrogen-bond donors (Lipinski definition) is 1. The second-order valence-electron chi connectivity index (χ2n) is 4.47. The van der Waals surface area contributed by atoms with Crippen molar-refractivity contribution >= 4 is 5.69 Å². The summed E-state index contributed by atoms with van der Waals surface area (Å²) in [5.41, 5.74) is 1.19. The van der Waals surface area contributed by atoms with Crippen LogP contribution in [0.25, 0.3) is 0 Å². The van der Waals surface area contributed by atoms with E-state index >= 15 is 0 Å². The Bertz CT molecular complexity index is 622. The molecule has 0 bridgehead atoms. The molecule has 7 heteroatoms. The molecular weight excluding hydrogens is 262 g/mol. The van der Waals surface area contributed by atoms with Crippen LogP contribution in [0.3, 0.4) is 0 Å². The van der Waals surface area contributed by atoms with E-state index in [0.717, 1.165) is 5.56 Å². The molecule has 0 saturated heterocycles. The van der Waals surface area contributed by atoms with Crippen LogP contribution in [0, 0.1) is 10.1 Å². The maximum absolute atomic E-state index is 10.7. The minimum atomic E-state index is -0.848. The summed E-state index contributed by atoms with van der Waals surface area (Å²) in [6.07, 6.45) is 2.64. The average molecular weight is 277 g/mol. The summed E-state index contributed by atoms with van der Waals surface area (Å²) in [6, 6.07) is 4.17. The summed E-state index contributed by atoms with van der Waals surface area (Å²) in [5.74, 6) is 0.425. The normalized spacial score (nSPS) is 12.2. The molecule has 0 saturated carbocycles. The van der Waals surface area contributed by atoms with Gasteiger partial charge in [0.25, 0.3) is 5.69 Å². The molecule has 20 heavy (non-hydrogen) atoms. The van der Waals surface area contributed by atoms with Gasteiger partial charge in [-0.15, -0.1) is 0 Å². The van der Waals surface area contributed by atoms with E-state index in [-0.39, 0.29) is 12.3 Å². The molecule has 0 aliphatic heterocycles. The van der Waals surface area contributed by atoms with Crippen molar-refractivity contribution in [2.45, 2.75) is 19.6 Å². The number of nitrogens with zero attached hydrogens (tertiary/aromatic N) is 3. The van der Waals surface area contributed by atoms with E-state index in [9.17, 15) is 15.2 Å². The molecule has 2 rings (SSSR count). The van der Waals surface area contributed by atoms with E-state index in [4.69, 9.17) is 4.74 Å². The Kier molecular flexibility index (Phi) is 3.99. The number of aliphatic hydroxyl groups is 1. The minimum absolute atomic E-state index is 0.0744. The fourth-order valence-corrected chi connectivity index (χ4v) is 1.81. The summed E-state index contributed by atoms with van der Waals surface area (Å²) in [4.78, 5) is 10.2. The van der Waals surface area contributed by atoms with Crippen LogP contribution >= 0.6 is 0 Å². The van der Waals surface area contributed by atoms with Crippen molar-refractivity contribution < 1.29 is 14.8 Å². The Morgan fingerprint density at radius 1 is 1.55 bits per heavy atom. The number of hydrogen-bond acceptors (Lipinski definition) is 5. The lowest BCUT2D eigenvalue weighted by atomic mass is 10.1. The van der Waals surface area contributed by atoms with Crippen molar-refractivity contribution in [2.24, 2.45) is 7.05 Å². The number of benzene rings is 1. The molecule has 0 amide bonds. The van der Waals surface area contributed by atoms with Crippen molar-refractivity contribution in [1.29, 1.82) is 0 Å². The maximum Gasteiger partial charge on any atom is 0.270 e. The van der Waals surface area contributed by atoms with Gasteiger partial charge < -0.3 is 9.84 Å². The van der Waals surface area contributed by atoms with Crippen molar-refractivity contribution in [3.8, 4) is 5.75 Å². The molecule has 2 aromatic rings. The Morgan fingerprint density at radius 2 is 2.30 bits per heavy atom. The molecule has 0 fully saturated rings. The third kappa shape index (κ3) is 3.12. The molecule has 1 atom stereocenters. The number of nitro benzene ring substituents is 1. The summed E-state index contributed by atoms with van der Waals surface area (Å²) in [5, 5.41) is 24.5. The highest BCUT2D eigenvalue weighted by Crippen LogP contribution is 2.29. The van der Waals surface area contributed by atoms with Gasteiger partial charge in [-0.1, -0.05) is 0 Å². The Morgan fingerprint density at radius 3 is 2.85 bits per heavy atom. The quantitative estimate of drug-likeness (QED) is 0.666. The maximum atomic E-state index is 10.7.